The van der Waals surface area contributed by atoms with E-state index in [4.69, 9.17) is 29.0 Å². The van der Waals surface area contributed by atoms with Crippen LogP contribution in [0.5, 0.6) is 0 Å². The lowest BCUT2D eigenvalue weighted by Gasteiger charge is -2.10. The molecule has 0 aliphatic rings. The summed E-state index contributed by atoms with van der Waals surface area (Å²) in [7, 11) is -3.74. The van der Waals surface area contributed by atoms with Crippen molar-refractivity contribution in [3.05, 3.63) is 52.5 Å². The lowest BCUT2D eigenvalue weighted by atomic mass is 10.3. The molecular formula is C12H11Cl2N3O2S. The molecule has 5 nitrogen and oxygen atoms in total. The molecule has 0 bridgehead atoms. The Morgan fingerprint density at radius 1 is 1.00 bits per heavy atom. The molecule has 0 saturated heterocycles. The van der Waals surface area contributed by atoms with Gasteiger partial charge in [0.25, 0.3) is 10.0 Å². The standard InChI is InChI=1S/C12H11Cl2N3O2S/c13-10-2-1-3-11(12(10)14)17-20(18,19)9-6-4-8(16-15)5-7-9/h1-7,16-17H,15H2. The van der Waals surface area contributed by atoms with Gasteiger partial charge in [-0.3, -0.25) is 10.6 Å². The number of halogens is 2. The van der Waals surface area contributed by atoms with Gasteiger partial charge in [0, 0.05) is 5.69 Å². The highest BCUT2D eigenvalue weighted by Gasteiger charge is 2.16. The fourth-order valence-electron chi connectivity index (χ4n) is 1.52. The highest BCUT2D eigenvalue weighted by atomic mass is 35.5. The van der Waals surface area contributed by atoms with Crippen molar-refractivity contribution in [1.82, 2.24) is 0 Å². The van der Waals surface area contributed by atoms with Crippen LogP contribution in [0.3, 0.4) is 0 Å². The van der Waals surface area contributed by atoms with E-state index in [0.717, 1.165) is 0 Å². The molecule has 2 aromatic rings. The summed E-state index contributed by atoms with van der Waals surface area (Å²) in [4.78, 5) is 0.0903. The summed E-state index contributed by atoms with van der Waals surface area (Å²) >= 11 is 11.8. The smallest absolute Gasteiger partial charge is 0.261 e. The lowest BCUT2D eigenvalue weighted by molar-refractivity contribution is 0.601. The molecule has 0 aromatic heterocycles. The van der Waals surface area contributed by atoms with Crippen molar-refractivity contribution in [2.24, 2.45) is 5.84 Å². The molecule has 8 heteroatoms. The first-order chi connectivity index (χ1) is 9.44. The molecule has 20 heavy (non-hydrogen) atoms. The van der Waals surface area contributed by atoms with E-state index in [1.807, 2.05) is 0 Å². The van der Waals surface area contributed by atoms with Crippen LogP contribution < -0.4 is 16.0 Å². The second-order valence-corrected chi connectivity index (χ2v) is 6.34. The first-order valence-electron chi connectivity index (χ1n) is 5.47. The number of anilines is 2. The lowest BCUT2D eigenvalue weighted by Crippen LogP contribution is -2.13. The fourth-order valence-corrected chi connectivity index (χ4v) is 2.99. The molecule has 0 saturated carbocycles. The number of nitrogen functional groups attached to an aromatic ring is 1. The first kappa shape index (κ1) is 14.9. The van der Waals surface area contributed by atoms with Gasteiger partial charge in [-0.05, 0) is 36.4 Å². The van der Waals surface area contributed by atoms with Crippen LogP contribution in [0, 0.1) is 0 Å². The summed E-state index contributed by atoms with van der Waals surface area (Å²) in [6.45, 7) is 0. The Morgan fingerprint density at radius 2 is 1.65 bits per heavy atom. The van der Waals surface area contributed by atoms with E-state index in [1.54, 1.807) is 24.3 Å². The number of sulfonamides is 1. The van der Waals surface area contributed by atoms with Crippen LogP contribution in [0.4, 0.5) is 11.4 Å². The Labute approximate surface area is 126 Å². The highest BCUT2D eigenvalue weighted by Crippen LogP contribution is 2.31. The minimum Gasteiger partial charge on any atom is -0.324 e. The van der Waals surface area contributed by atoms with Crippen LogP contribution in [0.25, 0.3) is 0 Å². The minimum atomic E-state index is -3.74. The molecule has 0 aliphatic heterocycles. The van der Waals surface area contributed by atoms with Crippen molar-refractivity contribution in [2.45, 2.75) is 4.90 Å². The Kier molecular flexibility index (Phi) is 4.39. The van der Waals surface area contributed by atoms with Crippen LogP contribution in [-0.2, 0) is 10.0 Å². The number of hydrogen-bond donors (Lipinski definition) is 3. The molecule has 2 aromatic carbocycles. The summed E-state index contributed by atoms with van der Waals surface area (Å²) in [5.74, 6) is 5.22. The zero-order valence-electron chi connectivity index (χ0n) is 10.1. The van der Waals surface area contributed by atoms with Crippen LogP contribution in [0.1, 0.15) is 0 Å². The maximum absolute atomic E-state index is 12.2. The van der Waals surface area contributed by atoms with Crippen molar-refractivity contribution in [1.29, 1.82) is 0 Å². The van der Waals surface area contributed by atoms with Gasteiger partial charge in [-0.1, -0.05) is 29.3 Å². The summed E-state index contributed by atoms with van der Waals surface area (Å²) in [6.07, 6.45) is 0. The summed E-state index contributed by atoms with van der Waals surface area (Å²) < 4.78 is 26.8. The number of benzene rings is 2. The van der Waals surface area contributed by atoms with Crippen molar-refractivity contribution in [2.75, 3.05) is 10.1 Å². The normalized spacial score (nSPS) is 11.2. The van der Waals surface area contributed by atoms with E-state index in [2.05, 4.69) is 10.1 Å². The van der Waals surface area contributed by atoms with Crippen LogP contribution in [-0.4, -0.2) is 8.42 Å². The molecule has 0 aliphatic carbocycles. The quantitative estimate of drug-likeness (QED) is 0.593. The first-order valence-corrected chi connectivity index (χ1v) is 7.71. The fraction of sp³-hybridized carbons (Fsp3) is 0. The molecule has 0 atom stereocenters. The Morgan fingerprint density at radius 3 is 2.25 bits per heavy atom. The highest BCUT2D eigenvalue weighted by molar-refractivity contribution is 7.92. The topological polar surface area (TPSA) is 84.2 Å². The van der Waals surface area contributed by atoms with Crippen molar-refractivity contribution < 1.29 is 8.42 Å². The third-order valence-corrected chi connectivity index (χ3v) is 4.73. The molecule has 0 fully saturated rings. The third-order valence-electron chi connectivity index (χ3n) is 2.53. The van der Waals surface area contributed by atoms with E-state index in [0.29, 0.717) is 5.69 Å². The summed E-state index contributed by atoms with van der Waals surface area (Å²) in [5, 5.41) is 0.424. The number of hydrazine groups is 1. The molecule has 106 valence electrons. The van der Waals surface area contributed by atoms with Gasteiger partial charge in [0.2, 0.25) is 0 Å². The Hall–Kier alpha value is -1.47. The molecule has 0 spiro atoms. The number of nitrogens with two attached hydrogens (primary N) is 1. The average molecular weight is 332 g/mol. The van der Waals surface area contributed by atoms with Gasteiger partial charge in [-0.25, -0.2) is 8.42 Å². The number of nitrogens with one attached hydrogen (secondary N) is 2. The predicted octanol–water partition coefficient (Wildman–Crippen LogP) is 3.08. The SMILES string of the molecule is NNc1ccc(S(=O)(=O)Nc2cccc(Cl)c2Cl)cc1. The Balaban J connectivity index is 2.33. The summed E-state index contributed by atoms with van der Waals surface area (Å²) in [5.41, 5.74) is 3.24. The molecule has 0 radical (unpaired) electrons. The zero-order chi connectivity index (χ0) is 14.8. The van der Waals surface area contributed by atoms with Gasteiger partial charge in [0.15, 0.2) is 0 Å². The van der Waals surface area contributed by atoms with Gasteiger partial charge in [-0.2, -0.15) is 0 Å². The van der Waals surface area contributed by atoms with E-state index in [-0.39, 0.29) is 20.6 Å². The van der Waals surface area contributed by atoms with Crippen molar-refractivity contribution in [3.8, 4) is 0 Å². The second-order valence-electron chi connectivity index (χ2n) is 3.88. The molecule has 4 N–H and O–H groups in total. The third kappa shape index (κ3) is 3.16. The molecular weight excluding hydrogens is 321 g/mol. The van der Waals surface area contributed by atoms with E-state index >= 15 is 0 Å². The average Bonchev–Trinajstić information content (AvgIpc) is 2.44. The molecule has 0 heterocycles. The summed E-state index contributed by atoms with van der Waals surface area (Å²) in [6, 6.07) is 10.7. The predicted molar refractivity (Wildman–Crippen MR) is 81.5 cm³/mol. The van der Waals surface area contributed by atoms with Crippen molar-refractivity contribution >= 4 is 44.6 Å². The van der Waals surface area contributed by atoms with Gasteiger partial charge < -0.3 is 5.43 Å². The molecule has 0 unspecified atom stereocenters. The van der Waals surface area contributed by atoms with E-state index in [1.165, 1.54) is 18.2 Å². The number of rotatable bonds is 4. The monoisotopic (exact) mass is 331 g/mol. The van der Waals surface area contributed by atoms with Gasteiger partial charge in [0.1, 0.15) is 0 Å². The maximum atomic E-state index is 12.2. The molecule has 0 amide bonds. The van der Waals surface area contributed by atoms with Gasteiger partial charge in [0.05, 0.1) is 20.6 Å². The molecule has 2 rings (SSSR count). The van der Waals surface area contributed by atoms with Gasteiger partial charge in [-0.15, -0.1) is 0 Å². The van der Waals surface area contributed by atoms with Crippen LogP contribution in [0.15, 0.2) is 47.4 Å². The largest absolute Gasteiger partial charge is 0.324 e. The van der Waals surface area contributed by atoms with E-state index in [9.17, 15) is 8.42 Å². The van der Waals surface area contributed by atoms with Crippen LogP contribution in [0.2, 0.25) is 10.0 Å². The van der Waals surface area contributed by atoms with E-state index < -0.39 is 10.0 Å². The van der Waals surface area contributed by atoms with Crippen LogP contribution >= 0.6 is 23.2 Å². The number of hydrogen-bond acceptors (Lipinski definition) is 4. The van der Waals surface area contributed by atoms with Gasteiger partial charge >= 0.3 is 0 Å². The second kappa shape index (κ2) is 5.88. The zero-order valence-corrected chi connectivity index (χ0v) is 12.4. The minimum absolute atomic E-state index is 0.0903. The Bertz CT molecular complexity index is 718. The maximum Gasteiger partial charge on any atom is 0.261 e. The van der Waals surface area contributed by atoms with Crippen molar-refractivity contribution in [3.63, 3.8) is 0 Å².